The molecule has 1 heterocycles. The highest BCUT2D eigenvalue weighted by atomic mass is 32.2. The first-order valence-electron chi connectivity index (χ1n) is 11.8. The number of anilines is 1. The predicted octanol–water partition coefficient (Wildman–Crippen LogP) is 2.77. The summed E-state index contributed by atoms with van der Waals surface area (Å²) in [4.78, 5) is 16.6. The third kappa shape index (κ3) is 8.62. The van der Waals surface area contributed by atoms with Crippen LogP contribution in [0.25, 0.3) is 0 Å². The highest BCUT2D eigenvalue weighted by molar-refractivity contribution is 7.92. The average Bonchev–Trinajstić information content (AvgIpc) is 3.31. The molecule has 9 nitrogen and oxygen atoms in total. The molecule has 0 saturated heterocycles. The Kier molecular flexibility index (Phi) is 9.73. The number of nitrogens with zero attached hydrogens (tertiary/aromatic N) is 1. The van der Waals surface area contributed by atoms with Crippen molar-refractivity contribution in [2.75, 3.05) is 17.0 Å². The number of hydrogen-bond acceptors (Lipinski definition) is 7. The number of halogens is 2. The lowest BCUT2D eigenvalue weighted by atomic mass is 10.0. The lowest BCUT2D eigenvalue weighted by Crippen LogP contribution is -2.48. The number of amides is 1. The van der Waals surface area contributed by atoms with E-state index in [1.54, 1.807) is 0 Å². The van der Waals surface area contributed by atoms with Crippen LogP contribution >= 0.6 is 0 Å². The first kappa shape index (κ1) is 28.2. The van der Waals surface area contributed by atoms with Crippen LogP contribution in [-0.2, 0) is 29.4 Å². The number of sulfonamides is 1. The topological polar surface area (TPSA) is 134 Å². The van der Waals surface area contributed by atoms with Crippen molar-refractivity contribution in [3.05, 3.63) is 82.9 Å². The maximum atomic E-state index is 13.7. The van der Waals surface area contributed by atoms with Crippen LogP contribution in [0.3, 0.4) is 0 Å². The summed E-state index contributed by atoms with van der Waals surface area (Å²) in [5, 5.41) is 16.6. The lowest BCUT2D eigenvalue weighted by Gasteiger charge is -2.24. The zero-order chi connectivity index (χ0) is 27.0. The van der Waals surface area contributed by atoms with E-state index in [2.05, 4.69) is 27.3 Å². The van der Waals surface area contributed by atoms with Gasteiger partial charge in [-0.25, -0.2) is 17.2 Å². The Labute approximate surface area is 214 Å². The monoisotopic (exact) mass is 536 g/mol. The zero-order valence-corrected chi connectivity index (χ0v) is 21.3. The quantitative estimate of drug-likeness (QED) is 0.264. The third-order valence-electron chi connectivity index (χ3n) is 5.58. The van der Waals surface area contributed by atoms with Crippen molar-refractivity contribution in [2.24, 2.45) is 0 Å². The van der Waals surface area contributed by atoms with E-state index in [4.69, 9.17) is 4.42 Å². The molecule has 1 amide bonds. The van der Waals surface area contributed by atoms with Gasteiger partial charge in [0.2, 0.25) is 10.0 Å². The Balaban J connectivity index is 1.71. The van der Waals surface area contributed by atoms with Crippen LogP contribution < -0.4 is 15.4 Å². The second kappa shape index (κ2) is 12.7. The van der Waals surface area contributed by atoms with Crippen LogP contribution in [0.5, 0.6) is 0 Å². The van der Waals surface area contributed by atoms with Crippen LogP contribution in [-0.4, -0.2) is 48.9 Å². The number of aliphatic hydroxyl groups excluding tert-OH is 1. The van der Waals surface area contributed by atoms with Crippen LogP contribution in [0.15, 0.2) is 53.1 Å². The molecule has 4 N–H and O–H groups in total. The van der Waals surface area contributed by atoms with Gasteiger partial charge in [-0.1, -0.05) is 31.2 Å². The molecule has 12 heteroatoms. The Morgan fingerprint density at radius 1 is 1.08 bits per heavy atom. The lowest BCUT2D eigenvalue weighted by molar-refractivity contribution is 0.0798. The highest BCUT2D eigenvalue weighted by Crippen LogP contribution is 2.14. The summed E-state index contributed by atoms with van der Waals surface area (Å²) in [7, 11) is -3.63. The molecule has 0 saturated carbocycles. The smallest absolute Gasteiger partial charge is 0.307 e. The minimum atomic E-state index is -3.63. The number of nitrogens with one attached hydrogen (secondary N) is 3. The Morgan fingerprint density at radius 3 is 2.46 bits per heavy atom. The fourth-order valence-corrected chi connectivity index (χ4v) is 4.18. The van der Waals surface area contributed by atoms with Crippen LogP contribution in [0.1, 0.15) is 41.2 Å². The molecule has 0 bridgehead atoms. The summed E-state index contributed by atoms with van der Waals surface area (Å²) in [5.41, 5.74) is 2.41. The van der Waals surface area contributed by atoms with Gasteiger partial charge in [-0.05, 0) is 48.6 Å². The molecule has 0 aliphatic heterocycles. The predicted molar refractivity (Wildman–Crippen MR) is 134 cm³/mol. The largest absolute Gasteiger partial charge is 0.439 e. The molecule has 3 aromatic rings. The van der Waals surface area contributed by atoms with Crippen molar-refractivity contribution in [3.8, 4) is 0 Å². The summed E-state index contributed by atoms with van der Waals surface area (Å²) in [6.45, 7) is 4.01. The Hall–Kier alpha value is -3.35. The van der Waals surface area contributed by atoms with Crippen LogP contribution in [0, 0.1) is 11.6 Å². The number of carbonyl (C=O) groups excluding carboxylic acids is 1. The summed E-state index contributed by atoms with van der Waals surface area (Å²) in [6.07, 6.45) is 0.612. The standard InChI is InChI=1S/C25H30F2N4O5S/c1-3-16-6-5-7-17(8-16)13-28-14-22(32)21(11-18-9-19(26)12-20(27)10-18)29-24(33)25-30-23(15-36-25)31-37(34,35)4-2/h5-10,12,15,21-22,28,31-32H,3-4,11,13-14H2,1-2H3,(H,29,33). The van der Waals surface area contributed by atoms with E-state index in [0.29, 0.717) is 6.54 Å². The van der Waals surface area contributed by atoms with E-state index < -0.39 is 45.6 Å². The number of aryl methyl sites for hydroxylation is 1. The molecule has 3 rings (SSSR count). The van der Waals surface area contributed by atoms with Gasteiger partial charge in [-0.15, -0.1) is 0 Å². The number of oxazole rings is 1. The van der Waals surface area contributed by atoms with Gasteiger partial charge in [0.25, 0.3) is 5.89 Å². The van der Waals surface area contributed by atoms with Gasteiger partial charge in [-0.3, -0.25) is 9.52 Å². The van der Waals surface area contributed by atoms with Gasteiger partial charge in [0, 0.05) is 19.2 Å². The van der Waals surface area contributed by atoms with E-state index in [-0.39, 0.29) is 30.1 Å². The van der Waals surface area contributed by atoms with Crippen molar-refractivity contribution < 1.29 is 31.5 Å². The summed E-state index contributed by atoms with van der Waals surface area (Å²) in [6, 6.07) is 9.92. The molecule has 0 radical (unpaired) electrons. The highest BCUT2D eigenvalue weighted by Gasteiger charge is 2.25. The molecule has 0 aliphatic carbocycles. The van der Waals surface area contributed by atoms with Crippen LogP contribution in [0.2, 0.25) is 0 Å². The van der Waals surface area contributed by atoms with Crippen molar-refractivity contribution in [1.82, 2.24) is 15.6 Å². The van der Waals surface area contributed by atoms with E-state index in [1.165, 1.54) is 12.5 Å². The van der Waals surface area contributed by atoms with Gasteiger partial charge < -0.3 is 20.2 Å². The molecule has 2 aromatic carbocycles. The number of hydrogen-bond donors (Lipinski definition) is 4. The summed E-state index contributed by atoms with van der Waals surface area (Å²) in [5.74, 6) is -3.23. The fourth-order valence-electron chi connectivity index (χ4n) is 3.62. The van der Waals surface area contributed by atoms with Crippen molar-refractivity contribution >= 4 is 21.7 Å². The SMILES string of the molecule is CCc1cccc(CNCC(O)C(Cc2cc(F)cc(F)c2)NC(=O)c2nc(NS(=O)(=O)CC)co2)c1. The summed E-state index contributed by atoms with van der Waals surface area (Å²) < 4.78 is 58.2. The molecular formula is C25H30F2N4O5S. The van der Waals surface area contributed by atoms with Crippen molar-refractivity contribution in [3.63, 3.8) is 0 Å². The molecule has 2 unspecified atom stereocenters. The minimum Gasteiger partial charge on any atom is -0.439 e. The number of aromatic nitrogens is 1. The van der Waals surface area contributed by atoms with E-state index in [1.807, 2.05) is 24.3 Å². The maximum absolute atomic E-state index is 13.7. The molecule has 0 fully saturated rings. The van der Waals surface area contributed by atoms with Crippen LogP contribution in [0.4, 0.5) is 14.6 Å². The van der Waals surface area contributed by atoms with Crippen molar-refractivity contribution in [1.29, 1.82) is 0 Å². The number of aliphatic hydroxyl groups is 1. The molecule has 37 heavy (non-hydrogen) atoms. The van der Waals surface area contributed by atoms with Crippen molar-refractivity contribution in [2.45, 2.75) is 45.4 Å². The number of carbonyl (C=O) groups is 1. The average molecular weight is 537 g/mol. The van der Waals surface area contributed by atoms with Gasteiger partial charge >= 0.3 is 5.91 Å². The summed E-state index contributed by atoms with van der Waals surface area (Å²) >= 11 is 0. The molecule has 2 atom stereocenters. The maximum Gasteiger partial charge on any atom is 0.307 e. The molecular weight excluding hydrogens is 506 g/mol. The first-order valence-corrected chi connectivity index (χ1v) is 13.4. The molecule has 200 valence electrons. The zero-order valence-electron chi connectivity index (χ0n) is 20.5. The van der Waals surface area contributed by atoms with Gasteiger partial charge in [0.05, 0.1) is 17.9 Å². The molecule has 1 aromatic heterocycles. The Morgan fingerprint density at radius 2 is 1.78 bits per heavy atom. The molecule has 0 spiro atoms. The van der Waals surface area contributed by atoms with Gasteiger partial charge in [-0.2, -0.15) is 4.98 Å². The first-order chi connectivity index (χ1) is 17.6. The van der Waals surface area contributed by atoms with E-state index >= 15 is 0 Å². The number of rotatable bonds is 13. The second-order valence-electron chi connectivity index (χ2n) is 8.48. The molecule has 0 aliphatic rings. The van der Waals surface area contributed by atoms with E-state index in [9.17, 15) is 27.1 Å². The number of benzene rings is 2. The Bertz CT molecular complexity index is 1300. The minimum absolute atomic E-state index is 0.0617. The third-order valence-corrected chi connectivity index (χ3v) is 6.86. The normalized spacial score (nSPS) is 13.2. The van der Waals surface area contributed by atoms with E-state index in [0.717, 1.165) is 36.4 Å². The van der Waals surface area contributed by atoms with Gasteiger partial charge in [0.1, 0.15) is 17.9 Å². The second-order valence-corrected chi connectivity index (χ2v) is 10.5. The van der Waals surface area contributed by atoms with Gasteiger partial charge in [0.15, 0.2) is 5.82 Å². The fraction of sp³-hybridized carbons (Fsp3) is 0.360.